The topological polar surface area (TPSA) is 0 Å². The second-order valence-electron chi connectivity index (χ2n) is 4.16. The van der Waals surface area contributed by atoms with Crippen LogP contribution in [0.15, 0.2) is 0 Å². The zero-order chi connectivity index (χ0) is 8.65. The first-order valence-electron chi connectivity index (χ1n) is 5.75. The van der Waals surface area contributed by atoms with Crippen LogP contribution >= 0.6 is 0 Å². The Labute approximate surface area is 77.7 Å². The Morgan fingerprint density at radius 1 is 1.17 bits per heavy atom. The third-order valence-corrected chi connectivity index (χ3v) is 3.02. The van der Waals surface area contributed by atoms with Gasteiger partial charge in [0, 0.05) is 0 Å². The smallest absolute Gasteiger partial charge is 0.0386 e. The van der Waals surface area contributed by atoms with E-state index in [0.29, 0.717) is 0 Å². The van der Waals surface area contributed by atoms with Crippen LogP contribution in [0.5, 0.6) is 0 Å². The quantitative estimate of drug-likeness (QED) is 0.431. The lowest BCUT2D eigenvalue weighted by Gasteiger charge is -2.12. The van der Waals surface area contributed by atoms with Crippen LogP contribution in [-0.2, 0) is 0 Å². The molecule has 1 atom stereocenters. The van der Waals surface area contributed by atoms with E-state index in [1.165, 1.54) is 57.8 Å². The Balaban J connectivity index is 2.04. The van der Waals surface area contributed by atoms with Gasteiger partial charge in [0.2, 0.25) is 0 Å². The lowest BCUT2D eigenvalue weighted by atomic mass is 9.94. The average Bonchev–Trinajstić information content (AvgIpc) is 2.33. The van der Waals surface area contributed by atoms with Gasteiger partial charge < -0.3 is 0 Å². The summed E-state index contributed by atoms with van der Waals surface area (Å²) in [7, 11) is 0. The van der Waals surface area contributed by atoms with Crippen LogP contribution in [-0.4, -0.2) is 0 Å². The van der Waals surface area contributed by atoms with E-state index in [1.54, 1.807) is 0 Å². The highest BCUT2D eigenvalue weighted by molar-refractivity contribution is 4.73. The minimum Gasteiger partial charge on any atom is -0.0654 e. The molecular formula is C12H23. The van der Waals surface area contributed by atoms with Gasteiger partial charge in [-0.1, -0.05) is 58.3 Å². The summed E-state index contributed by atoms with van der Waals surface area (Å²) in [5, 5.41) is 0. The van der Waals surface area contributed by atoms with Gasteiger partial charge in [-0.15, -0.1) is 0 Å². The summed E-state index contributed by atoms with van der Waals surface area (Å²) in [6.07, 6.45) is 15.5. The molecular weight excluding hydrogens is 144 g/mol. The highest BCUT2D eigenvalue weighted by Gasteiger charge is 2.10. The first-order chi connectivity index (χ1) is 5.93. The first-order valence-corrected chi connectivity index (χ1v) is 5.75. The monoisotopic (exact) mass is 167 g/mol. The average molecular weight is 167 g/mol. The molecule has 0 aromatic carbocycles. The van der Waals surface area contributed by atoms with Gasteiger partial charge in [-0.05, 0) is 18.8 Å². The molecule has 0 aliphatic heterocycles. The van der Waals surface area contributed by atoms with Gasteiger partial charge >= 0.3 is 0 Å². The largest absolute Gasteiger partial charge is 0.0654 e. The maximum atomic E-state index is 2.49. The van der Waals surface area contributed by atoms with Crippen molar-refractivity contribution >= 4 is 0 Å². The van der Waals surface area contributed by atoms with Crippen molar-refractivity contribution in [3.05, 3.63) is 6.42 Å². The van der Waals surface area contributed by atoms with E-state index in [2.05, 4.69) is 13.3 Å². The van der Waals surface area contributed by atoms with Crippen molar-refractivity contribution in [2.75, 3.05) is 0 Å². The zero-order valence-corrected chi connectivity index (χ0v) is 8.52. The molecule has 0 nitrogen and oxygen atoms in total. The molecule has 71 valence electrons. The van der Waals surface area contributed by atoms with E-state index in [1.807, 2.05) is 0 Å². The molecule has 0 saturated heterocycles. The molecule has 1 fully saturated rings. The highest BCUT2D eigenvalue weighted by atomic mass is 14.2. The Hall–Kier alpha value is 0. The molecule has 0 spiro atoms. The number of hydrogen-bond donors (Lipinski definition) is 0. The van der Waals surface area contributed by atoms with E-state index in [0.717, 1.165) is 5.92 Å². The van der Waals surface area contributed by atoms with Crippen LogP contribution in [0.25, 0.3) is 0 Å². The van der Waals surface area contributed by atoms with Gasteiger partial charge in [0.25, 0.3) is 0 Å². The van der Waals surface area contributed by atoms with E-state index < -0.39 is 0 Å². The molecule has 1 aliphatic rings. The molecule has 12 heavy (non-hydrogen) atoms. The molecule has 1 radical (unpaired) electrons. The van der Waals surface area contributed by atoms with Crippen molar-refractivity contribution in [3.63, 3.8) is 0 Å². The van der Waals surface area contributed by atoms with Crippen molar-refractivity contribution in [2.45, 2.75) is 64.7 Å². The van der Waals surface area contributed by atoms with E-state index in [4.69, 9.17) is 0 Å². The van der Waals surface area contributed by atoms with E-state index in [9.17, 15) is 0 Å². The predicted molar refractivity (Wildman–Crippen MR) is 55.0 cm³/mol. The van der Waals surface area contributed by atoms with Crippen molar-refractivity contribution in [1.82, 2.24) is 0 Å². The zero-order valence-electron chi connectivity index (χ0n) is 8.52. The third kappa shape index (κ3) is 4.13. The lowest BCUT2D eigenvalue weighted by Crippen LogP contribution is -1.97. The Bertz CT molecular complexity index is 88.2. The first kappa shape index (κ1) is 10.1. The van der Waals surface area contributed by atoms with Gasteiger partial charge in [0.15, 0.2) is 0 Å². The highest BCUT2D eigenvalue weighted by Crippen LogP contribution is 2.26. The van der Waals surface area contributed by atoms with Gasteiger partial charge in [-0.3, -0.25) is 0 Å². The van der Waals surface area contributed by atoms with Crippen LogP contribution in [0, 0.1) is 12.3 Å². The summed E-state index contributed by atoms with van der Waals surface area (Å²) < 4.78 is 0. The van der Waals surface area contributed by atoms with Crippen LogP contribution < -0.4 is 0 Å². The van der Waals surface area contributed by atoms with Crippen LogP contribution in [0.1, 0.15) is 64.7 Å². The lowest BCUT2D eigenvalue weighted by molar-refractivity contribution is 0.410. The SMILES string of the molecule is CCCCCC1CC[CH]CCC1. The molecule has 0 aromatic rings. The standard InChI is InChI=1S/C12H23/c1-2-3-6-9-12-10-7-4-5-8-11-12/h4,12H,2-3,5-11H2,1H3. The minimum absolute atomic E-state index is 1.07. The summed E-state index contributed by atoms with van der Waals surface area (Å²) in [4.78, 5) is 0. The molecule has 0 amide bonds. The van der Waals surface area contributed by atoms with E-state index in [-0.39, 0.29) is 0 Å². The van der Waals surface area contributed by atoms with Gasteiger partial charge in [0.05, 0.1) is 0 Å². The Kier molecular flexibility index (Phi) is 5.47. The fourth-order valence-electron chi connectivity index (χ4n) is 2.16. The third-order valence-electron chi connectivity index (χ3n) is 3.02. The fraction of sp³-hybridized carbons (Fsp3) is 0.917. The molecule has 0 aromatic heterocycles. The molecule has 1 rings (SSSR count). The van der Waals surface area contributed by atoms with Gasteiger partial charge in [-0.25, -0.2) is 0 Å². The van der Waals surface area contributed by atoms with Crippen LogP contribution in [0.2, 0.25) is 0 Å². The summed E-state index contributed by atoms with van der Waals surface area (Å²) in [5.74, 6) is 1.07. The van der Waals surface area contributed by atoms with Crippen molar-refractivity contribution in [1.29, 1.82) is 0 Å². The fourth-order valence-corrected chi connectivity index (χ4v) is 2.16. The molecule has 1 aliphatic carbocycles. The molecule has 0 heterocycles. The minimum atomic E-state index is 1.07. The Morgan fingerprint density at radius 3 is 2.92 bits per heavy atom. The number of unbranched alkanes of at least 4 members (excludes halogenated alkanes) is 2. The summed E-state index contributed by atoms with van der Waals surface area (Å²) >= 11 is 0. The predicted octanol–water partition coefficient (Wildman–Crippen LogP) is 4.35. The summed E-state index contributed by atoms with van der Waals surface area (Å²) in [6, 6.07) is 0. The van der Waals surface area contributed by atoms with Crippen molar-refractivity contribution < 1.29 is 0 Å². The second-order valence-corrected chi connectivity index (χ2v) is 4.16. The molecule has 0 bridgehead atoms. The molecule has 1 saturated carbocycles. The molecule has 1 unspecified atom stereocenters. The van der Waals surface area contributed by atoms with Crippen LogP contribution in [0.4, 0.5) is 0 Å². The summed E-state index contributed by atoms with van der Waals surface area (Å²) in [6.45, 7) is 2.29. The summed E-state index contributed by atoms with van der Waals surface area (Å²) in [5.41, 5.74) is 0. The Morgan fingerprint density at radius 2 is 2.08 bits per heavy atom. The molecule has 0 heteroatoms. The van der Waals surface area contributed by atoms with Gasteiger partial charge in [0.1, 0.15) is 0 Å². The normalized spacial score (nSPS) is 20.8. The van der Waals surface area contributed by atoms with Crippen molar-refractivity contribution in [2.24, 2.45) is 5.92 Å². The second kappa shape index (κ2) is 6.51. The van der Waals surface area contributed by atoms with Crippen LogP contribution in [0.3, 0.4) is 0 Å². The number of rotatable bonds is 4. The molecule has 0 N–H and O–H groups in total. The van der Waals surface area contributed by atoms with Crippen molar-refractivity contribution in [3.8, 4) is 0 Å². The van der Waals surface area contributed by atoms with Gasteiger partial charge in [-0.2, -0.15) is 0 Å². The van der Waals surface area contributed by atoms with E-state index >= 15 is 0 Å². The maximum Gasteiger partial charge on any atom is -0.0386 e. The maximum absolute atomic E-state index is 2.49. The number of hydrogen-bond acceptors (Lipinski definition) is 0.